The van der Waals surface area contributed by atoms with Crippen molar-refractivity contribution >= 4 is 5.91 Å². The lowest BCUT2D eigenvalue weighted by Gasteiger charge is -2.29. The summed E-state index contributed by atoms with van der Waals surface area (Å²) in [6, 6.07) is 0. The quantitative estimate of drug-likeness (QED) is 0.784. The summed E-state index contributed by atoms with van der Waals surface area (Å²) in [4.78, 5) is 19.7. The Morgan fingerprint density at radius 1 is 0.833 bits per heavy atom. The highest BCUT2D eigenvalue weighted by molar-refractivity contribution is 5.78. The van der Waals surface area contributed by atoms with Crippen molar-refractivity contribution in [1.29, 1.82) is 0 Å². The first-order valence-electron chi connectivity index (χ1n) is 10.1. The Labute approximate surface area is 147 Å². The summed E-state index contributed by atoms with van der Waals surface area (Å²) < 4.78 is 5.61. The fraction of sp³-hybridized carbons (Fsp3) is 0.947. The molecule has 5 nitrogen and oxygen atoms in total. The number of likely N-dealkylation sites (tertiary alicyclic amines) is 1. The maximum absolute atomic E-state index is 12.7. The van der Waals surface area contributed by atoms with Gasteiger partial charge in [-0.05, 0) is 57.7 Å². The van der Waals surface area contributed by atoms with Crippen LogP contribution in [0, 0.1) is 5.92 Å². The van der Waals surface area contributed by atoms with Crippen LogP contribution in [0.25, 0.3) is 0 Å². The number of ether oxygens (including phenoxy) is 1. The standard InChI is InChI=1S/C19H35N3O2/c23-19(16-20-8-3-1-2-4-9-20)22-11-6-10-21(12-13-22)15-18-7-5-14-24-17-18/h18H,1-17H2. The zero-order valence-corrected chi connectivity index (χ0v) is 15.3. The second-order valence-corrected chi connectivity index (χ2v) is 7.81. The first-order chi connectivity index (χ1) is 11.8. The molecular weight excluding hydrogens is 302 g/mol. The van der Waals surface area contributed by atoms with Crippen molar-refractivity contribution in [2.24, 2.45) is 5.92 Å². The van der Waals surface area contributed by atoms with E-state index in [1.165, 1.54) is 38.5 Å². The number of hydrogen-bond acceptors (Lipinski definition) is 4. The summed E-state index contributed by atoms with van der Waals surface area (Å²) in [5, 5.41) is 0. The summed E-state index contributed by atoms with van der Waals surface area (Å²) in [7, 11) is 0. The lowest BCUT2D eigenvalue weighted by molar-refractivity contribution is -0.132. The van der Waals surface area contributed by atoms with Crippen LogP contribution < -0.4 is 0 Å². The van der Waals surface area contributed by atoms with Crippen molar-refractivity contribution in [3.63, 3.8) is 0 Å². The van der Waals surface area contributed by atoms with Crippen LogP contribution in [0.5, 0.6) is 0 Å². The smallest absolute Gasteiger partial charge is 0.236 e. The molecule has 0 saturated carbocycles. The van der Waals surface area contributed by atoms with Crippen LogP contribution in [0.1, 0.15) is 44.9 Å². The lowest BCUT2D eigenvalue weighted by atomic mass is 10.0. The predicted molar refractivity (Wildman–Crippen MR) is 96.1 cm³/mol. The van der Waals surface area contributed by atoms with Crippen LogP contribution >= 0.6 is 0 Å². The van der Waals surface area contributed by atoms with Gasteiger partial charge in [0.1, 0.15) is 0 Å². The average molecular weight is 338 g/mol. The summed E-state index contributed by atoms with van der Waals surface area (Å²) in [5.74, 6) is 1.04. The largest absolute Gasteiger partial charge is 0.381 e. The zero-order chi connectivity index (χ0) is 16.6. The summed E-state index contributed by atoms with van der Waals surface area (Å²) in [6.45, 7) is 9.85. The molecule has 0 N–H and O–H groups in total. The topological polar surface area (TPSA) is 36.0 Å². The van der Waals surface area contributed by atoms with Crippen molar-refractivity contribution in [2.45, 2.75) is 44.9 Å². The maximum Gasteiger partial charge on any atom is 0.236 e. The van der Waals surface area contributed by atoms with Gasteiger partial charge in [-0.1, -0.05) is 12.8 Å². The fourth-order valence-electron chi connectivity index (χ4n) is 4.31. The molecule has 5 heteroatoms. The summed E-state index contributed by atoms with van der Waals surface area (Å²) >= 11 is 0. The van der Waals surface area contributed by atoms with Crippen molar-refractivity contribution in [3.8, 4) is 0 Å². The molecule has 3 rings (SSSR count). The number of nitrogens with zero attached hydrogens (tertiary/aromatic N) is 3. The molecule has 0 radical (unpaired) electrons. The Bertz CT molecular complexity index is 377. The van der Waals surface area contributed by atoms with E-state index >= 15 is 0 Å². The van der Waals surface area contributed by atoms with Gasteiger partial charge < -0.3 is 14.5 Å². The van der Waals surface area contributed by atoms with E-state index in [0.717, 1.165) is 65.4 Å². The van der Waals surface area contributed by atoms with Crippen molar-refractivity contribution in [1.82, 2.24) is 14.7 Å². The van der Waals surface area contributed by atoms with E-state index in [2.05, 4.69) is 14.7 Å². The third-order valence-corrected chi connectivity index (χ3v) is 5.77. The van der Waals surface area contributed by atoms with Gasteiger partial charge in [0.05, 0.1) is 13.2 Å². The Hall–Kier alpha value is -0.650. The van der Waals surface area contributed by atoms with Crippen molar-refractivity contribution in [2.75, 3.05) is 65.6 Å². The van der Waals surface area contributed by atoms with Gasteiger partial charge in [0.15, 0.2) is 0 Å². The molecule has 0 aromatic rings. The van der Waals surface area contributed by atoms with Crippen LogP contribution in [0.2, 0.25) is 0 Å². The van der Waals surface area contributed by atoms with Crippen molar-refractivity contribution in [3.05, 3.63) is 0 Å². The Morgan fingerprint density at radius 3 is 2.38 bits per heavy atom. The number of rotatable bonds is 4. The third kappa shape index (κ3) is 5.71. The molecule has 3 fully saturated rings. The molecule has 0 aromatic carbocycles. The van der Waals surface area contributed by atoms with Gasteiger partial charge in [-0.15, -0.1) is 0 Å². The highest BCUT2D eigenvalue weighted by Crippen LogP contribution is 2.16. The summed E-state index contributed by atoms with van der Waals surface area (Å²) in [6.07, 6.45) is 8.78. The number of amides is 1. The molecule has 24 heavy (non-hydrogen) atoms. The van der Waals surface area contributed by atoms with Crippen LogP contribution in [-0.4, -0.2) is 86.2 Å². The lowest BCUT2D eigenvalue weighted by Crippen LogP contribution is -2.42. The van der Waals surface area contributed by atoms with Crippen LogP contribution in [0.4, 0.5) is 0 Å². The molecule has 3 aliphatic rings. The molecule has 0 spiro atoms. The minimum absolute atomic E-state index is 0.347. The average Bonchev–Trinajstić information content (AvgIpc) is 2.99. The molecule has 3 heterocycles. The van der Waals surface area contributed by atoms with Gasteiger partial charge in [-0.25, -0.2) is 0 Å². The second-order valence-electron chi connectivity index (χ2n) is 7.81. The second kappa shape index (κ2) is 9.73. The molecule has 0 bridgehead atoms. The Balaban J connectivity index is 1.41. The number of carbonyl (C=O) groups is 1. The first kappa shape index (κ1) is 18.2. The molecule has 1 unspecified atom stereocenters. The van der Waals surface area contributed by atoms with E-state index in [-0.39, 0.29) is 0 Å². The molecule has 0 aliphatic carbocycles. The minimum atomic E-state index is 0.347. The molecule has 3 saturated heterocycles. The molecule has 1 amide bonds. The van der Waals surface area contributed by atoms with E-state index in [4.69, 9.17) is 4.74 Å². The molecule has 0 aromatic heterocycles. The molecule has 3 aliphatic heterocycles. The van der Waals surface area contributed by atoms with Crippen LogP contribution in [0.15, 0.2) is 0 Å². The van der Waals surface area contributed by atoms with Crippen LogP contribution in [-0.2, 0) is 9.53 Å². The minimum Gasteiger partial charge on any atom is -0.381 e. The fourth-order valence-corrected chi connectivity index (χ4v) is 4.31. The molecule has 138 valence electrons. The van der Waals surface area contributed by atoms with Gasteiger partial charge in [0.25, 0.3) is 0 Å². The summed E-state index contributed by atoms with van der Waals surface area (Å²) in [5.41, 5.74) is 0. The Kier molecular flexibility index (Phi) is 7.36. The van der Waals surface area contributed by atoms with Gasteiger partial charge in [-0.2, -0.15) is 0 Å². The molecule has 1 atom stereocenters. The Morgan fingerprint density at radius 2 is 1.62 bits per heavy atom. The zero-order valence-electron chi connectivity index (χ0n) is 15.3. The van der Waals surface area contributed by atoms with Gasteiger partial charge >= 0.3 is 0 Å². The highest BCUT2D eigenvalue weighted by atomic mass is 16.5. The van der Waals surface area contributed by atoms with Gasteiger partial charge in [0.2, 0.25) is 5.91 Å². The van der Waals surface area contributed by atoms with E-state index in [9.17, 15) is 4.79 Å². The van der Waals surface area contributed by atoms with E-state index in [1.807, 2.05) is 0 Å². The van der Waals surface area contributed by atoms with Crippen LogP contribution in [0.3, 0.4) is 0 Å². The predicted octanol–water partition coefficient (Wildman–Crippen LogP) is 1.82. The van der Waals surface area contributed by atoms with E-state index in [1.54, 1.807) is 0 Å². The maximum atomic E-state index is 12.7. The normalized spacial score (nSPS) is 28.3. The third-order valence-electron chi connectivity index (χ3n) is 5.77. The SMILES string of the molecule is O=C(CN1CCCCCC1)N1CCCN(CC2CCCOC2)CC1. The monoisotopic (exact) mass is 337 g/mol. The number of hydrogen-bond donors (Lipinski definition) is 0. The van der Waals surface area contributed by atoms with Crippen molar-refractivity contribution < 1.29 is 9.53 Å². The molecular formula is C19H35N3O2. The van der Waals surface area contributed by atoms with Gasteiger partial charge in [-0.3, -0.25) is 9.69 Å². The van der Waals surface area contributed by atoms with Gasteiger partial charge in [0, 0.05) is 32.8 Å². The first-order valence-corrected chi connectivity index (χ1v) is 10.1. The number of carbonyl (C=O) groups excluding carboxylic acids is 1. The van der Waals surface area contributed by atoms with E-state index in [0.29, 0.717) is 18.4 Å². The van der Waals surface area contributed by atoms with E-state index < -0.39 is 0 Å². The highest BCUT2D eigenvalue weighted by Gasteiger charge is 2.23.